The Balaban J connectivity index is 2.20. The van der Waals surface area contributed by atoms with Crippen LogP contribution in [-0.4, -0.2) is 12.1 Å². The molecule has 0 atom stereocenters. The first-order chi connectivity index (χ1) is 8.69. The predicted molar refractivity (Wildman–Crippen MR) is 77.1 cm³/mol. The number of benzene rings is 1. The number of methoxy groups -OCH3 is 1. The first-order valence-corrected chi connectivity index (χ1v) is 6.45. The first-order valence-electron chi connectivity index (χ1n) is 5.66. The maximum absolute atomic E-state index is 5.12. The van der Waals surface area contributed by atoms with Gasteiger partial charge in [-0.05, 0) is 52.2 Å². The molecule has 0 aliphatic heterocycles. The van der Waals surface area contributed by atoms with Crippen LogP contribution < -0.4 is 5.32 Å². The molecule has 1 N–H and O–H groups in total. The van der Waals surface area contributed by atoms with Gasteiger partial charge in [0.1, 0.15) is 5.82 Å². The van der Waals surface area contributed by atoms with Crippen LogP contribution in [0.5, 0.6) is 0 Å². The summed E-state index contributed by atoms with van der Waals surface area (Å²) in [6.45, 7) is 2.62. The molecule has 2 rings (SSSR count). The third kappa shape index (κ3) is 3.31. The quantitative estimate of drug-likeness (QED) is 0.925. The van der Waals surface area contributed by atoms with Gasteiger partial charge in [0.25, 0.3) is 0 Å². The number of nitrogens with zero attached hydrogens (tertiary/aromatic N) is 1. The number of rotatable bonds is 4. The van der Waals surface area contributed by atoms with Gasteiger partial charge in [-0.25, -0.2) is 4.98 Å². The average molecular weight is 307 g/mol. The second-order valence-corrected chi connectivity index (χ2v) is 4.96. The highest BCUT2D eigenvalue weighted by Crippen LogP contribution is 2.24. The van der Waals surface area contributed by atoms with Crippen LogP contribution in [0.3, 0.4) is 0 Å². The smallest absolute Gasteiger partial charge is 0.144 e. The molecule has 2 aromatic rings. The van der Waals surface area contributed by atoms with Gasteiger partial charge in [0.2, 0.25) is 0 Å². The SMILES string of the molecule is COCc1cccc(Nc2ncc(C)cc2Br)c1. The lowest BCUT2D eigenvalue weighted by Crippen LogP contribution is -1.96. The fourth-order valence-corrected chi connectivity index (χ4v) is 2.23. The molecule has 0 unspecified atom stereocenters. The van der Waals surface area contributed by atoms with Crippen LogP contribution in [-0.2, 0) is 11.3 Å². The molecule has 0 radical (unpaired) electrons. The van der Waals surface area contributed by atoms with E-state index in [9.17, 15) is 0 Å². The molecule has 94 valence electrons. The molecule has 1 aromatic carbocycles. The number of anilines is 2. The highest BCUT2D eigenvalue weighted by molar-refractivity contribution is 9.10. The Kier molecular flexibility index (Phi) is 4.33. The lowest BCUT2D eigenvalue weighted by atomic mass is 10.2. The predicted octanol–water partition coefficient (Wildman–Crippen LogP) is 4.04. The van der Waals surface area contributed by atoms with E-state index < -0.39 is 0 Å². The zero-order chi connectivity index (χ0) is 13.0. The fraction of sp³-hybridized carbons (Fsp3) is 0.214. The van der Waals surface area contributed by atoms with Crippen molar-refractivity contribution in [3.8, 4) is 0 Å². The molecule has 0 fully saturated rings. The Labute approximate surface area is 115 Å². The second-order valence-electron chi connectivity index (χ2n) is 4.10. The van der Waals surface area contributed by atoms with Crippen LogP contribution in [0.25, 0.3) is 0 Å². The van der Waals surface area contributed by atoms with E-state index in [4.69, 9.17) is 4.74 Å². The van der Waals surface area contributed by atoms with Crippen LogP contribution in [0.4, 0.5) is 11.5 Å². The Morgan fingerprint density at radius 3 is 2.89 bits per heavy atom. The molecule has 3 nitrogen and oxygen atoms in total. The summed E-state index contributed by atoms with van der Waals surface area (Å²) in [4.78, 5) is 4.36. The minimum Gasteiger partial charge on any atom is -0.380 e. The molecule has 0 saturated heterocycles. The van der Waals surface area contributed by atoms with Gasteiger partial charge in [0.05, 0.1) is 11.1 Å². The molecule has 1 aromatic heterocycles. The van der Waals surface area contributed by atoms with Crippen LogP contribution >= 0.6 is 15.9 Å². The molecular weight excluding hydrogens is 292 g/mol. The van der Waals surface area contributed by atoms with E-state index >= 15 is 0 Å². The van der Waals surface area contributed by atoms with Crippen molar-refractivity contribution in [1.29, 1.82) is 0 Å². The summed E-state index contributed by atoms with van der Waals surface area (Å²) >= 11 is 3.50. The van der Waals surface area contributed by atoms with Crippen molar-refractivity contribution < 1.29 is 4.74 Å². The molecular formula is C14H15BrN2O. The monoisotopic (exact) mass is 306 g/mol. The van der Waals surface area contributed by atoms with E-state index in [0.29, 0.717) is 6.61 Å². The number of halogens is 1. The normalized spacial score (nSPS) is 10.4. The molecule has 0 aliphatic carbocycles. The van der Waals surface area contributed by atoms with Gasteiger partial charge in [-0.1, -0.05) is 12.1 Å². The van der Waals surface area contributed by atoms with Crippen LogP contribution in [0.2, 0.25) is 0 Å². The molecule has 0 saturated carbocycles. The van der Waals surface area contributed by atoms with Crippen molar-refractivity contribution >= 4 is 27.4 Å². The minimum absolute atomic E-state index is 0.609. The van der Waals surface area contributed by atoms with E-state index in [1.807, 2.05) is 37.4 Å². The highest BCUT2D eigenvalue weighted by atomic mass is 79.9. The van der Waals surface area contributed by atoms with E-state index in [-0.39, 0.29) is 0 Å². The van der Waals surface area contributed by atoms with Crippen molar-refractivity contribution in [3.05, 3.63) is 52.1 Å². The number of ether oxygens (including phenoxy) is 1. The number of aryl methyl sites for hydroxylation is 1. The van der Waals surface area contributed by atoms with Gasteiger partial charge in [0, 0.05) is 19.0 Å². The fourth-order valence-electron chi connectivity index (χ4n) is 1.67. The third-order valence-corrected chi connectivity index (χ3v) is 3.08. The van der Waals surface area contributed by atoms with Crippen molar-refractivity contribution in [2.24, 2.45) is 0 Å². The van der Waals surface area contributed by atoms with Crippen LogP contribution in [0.15, 0.2) is 41.0 Å². The standard InChI is InChI=1S/C14H15BrN2O/c1-10-6-13(15)14(16-8-10)17-12-5-3-4-11(7-12)9-18-2/h3-8H,9H2,1-2H3,(H,16,17). The molecule has 0 bridgehead atoms. The van der Waals surface area contributed by atoms with Crippen molar-refractivity contribution in [1.82, 2.24) is 4.98 Å². The molecule has 1 heterocycles. The average Bonchev–Trinajstić information content (AvgIpc) is 2.34. The summed E-state index contributed by atoms with van der Waals surface area (Å²) in [6.07, 6.45) is 1.84. The van der Waals surface area contributed by atoms with E-state index in [1.165, 1.54) is 0 Å². The number of pyridine rings is 1. The summed E-state index contributed by atoms with van der Waals surface area (Å²) in [5, 5.41) is 3.28. The van der Waals surface area contributed by atoms with Gasteiger partial charge in [-0.3, -0.25) is 0 Å². The zero-order valence-electron chi connectivity index (χ0n) is 10.4. The number of aromatic nitrogens is 1. The summed E-state index contributed by atoms with van der Waals surface area (Å²) in [7, 11) is 1.69. The van der Waals surface area contributed by atoms with Gasteiger partial charge in [-0.2, -0.15) is 0 Å². The minimum atomic E-state index is 0.609. The van der Waals surface area contributed by atoms with Gasteiger partial charge in [0.15, 0.2) is 0 Å². The maximum atomic E-state index is 5.12. The van der Waals surface area contributed by atoms with Crippen LogP contribution in [0.1, 0.15) is 11.1 Å². The highest BCUT2D eigenvalue weighted by Gasteiger charge is 2.02. The second kappa shape index (κ2) is 5.98. The summed E-state index contributed by atoms with van der Waals surface area (Å²) < 4.78 is 6.08. The molecule has 4 heteroatoms. The Morgan fingerprint density at radius 2 is 2.17 bits per heavy atom. The Hall–Kier alpha value is -1.39. The molecule has 0 aliphatic rings. The first kappa shape index (κ1) is 13.1. The lowest BCUT2D eigenvalue weighted by molar-refractivity contribution is 0.185. The third-order valence-electron chi connectivity index (χ3n) is 2.48. The summed E-state index contributed by atoms with van der Waals surface area (Å²) in [5.41, 5.74) is 3.26. The Bertz CT molecular complexity index is 543. The number of nitrogens with one attached hydrogen (secondary N) is 1. The van der Waals surface area contributed by atoms with Crippen LogP contribution in [0, 0.1) is 6.92 Å². The topological polar surface area (TPSA) is 34.1 Å². The van der Waals surface area contributed by atoms with E-state index in [2.05, 4.69) is 32.3 Å². The summed E-state index contributed by atoms with van der Waals surface area (Å²) in [5.74, 6) is 0.815. The van der Waals surface area contributed by atoms with Gasteiger partial charge in [-0.15, -0.1) is 0 Å². The number of hydrogen-bond acceptors (Lipinski definition) is 3. The van der Waals surface area contributed by atoms with Crippen molar-refractivity contribution in [2.45, 2.75) is 13.5 Å². The molecule has 0 amide bonds. The van der Waals surface area contributed by atoms with Gasteiger partial charge >= 0.3 is 0 Å². The lowest BCUT2D eigenvalue weighted by Gasteiger charge is -2.09. The van der Waals surface area contributed by atoms with E-state index in [0.717, 1.165) is 27.1 Å². The molecule has 18 heavy (non-hydrogen) atoms. The van der Waals surface area contributed by atoms with Gasteiger partial charge < -0.3 is 10.1 Å². The zero-order valence-corrected chi connectivity index (χ0v) is 12.0. The summed E-state index contributed by atoms with van der Waals surface area (Å²) in [6, 6.07) is 10.1. The van der Waals surface area contributed by atoms with Crippen molar-refractivity contribution in [3.63, 3.8) is 0 Å². The Morgan fingerprint density at radius 1 is 1.33 bits per heavy atom. The largest absolute Gasteiger partial charge is 0.380 e. The van der Waals surface area contributed by atoms with Crippen molar-refractivity contribution in [2.75, 3.05) is 12.4 Å². The molecule has 0 spiro atoms. The maximum Gasteiger partial charge on any atom is 0.144 e. The number of hydrogen-bond donors (Lipinski definition) is 1. The van der Waals surface area contributed by atoms with E-state index in [1.54, 1.807) is 7.11 Å².